The predicted octanol–water partition coefficient (Wildman–Crippen LogP) is 1.53. The molecule has 8 nitrogen and oxygen atoms in total. The summed E-state index contributed by atoms with van der Waals surface area (Å²) in [6.07, 6.45) is 0. The number of hydrogen-bond acceptors (Lipinski definition) is 5. The van der Waals surface area contributed by atoms with Gasteiger partial charge in [0.15, 0.2) is 0 Å². The molecule has 1 amide bonds. The second-order valence-corrected chi connectivity index (χ2v) is 4.89. The summed E-state index contributed by atoms with van der Waals surface area (Å²) in [5.74, 6) is -1.78. The van der Waals surface area contributed by atoms with E-state index in [1.807, 2.05) is 0 Å². The molecule has 0 aliphatic rings. The van der Waals surface area contributed by atoms with Crippen LogP contribution in [0.1, 0.15) is 10.4 Å². The van der Waals surface area contributed by atoms with Crippen molar-refractivity contribution in [2.45, 2.75) is 0 Å². The molecule has 0 unspecified atom stereocenters. The van der Waals surface area contributed by atoms with E-state index in [-0.39, 0.29) is 28.9 Å². The number of carboxylic acid groups (broad SMARTS) is 1. The Morgan fingerprint density at radius 2 is 2.14 bits per heavy atom. The largest absolute Gasteiger partial charge is 0.480 e. The highest BCUT2D eigenvalue weighted by Crippen LogP contribution is 2.26. The molecule has 1 rings (SSSR count). The van der Waals surface area contributed by atoms with E-state index in [2.05, 4.69) is 15.9 Å². The van der Waals surface area contributed by atoms with Gasteiger partial charge in [-0.15, -0.1) is 0 Å². The highest BCUT2D eigenvalue weighted by molar-refractivity contribution is 9.10. The lowest BCUT2D eigenvalue weighted by Crippen LogP contribution is -2.38. The molecule has 0 aliphatic heterocycles. The quantitative estimate of drug-likeness (QED) is 0.583. The number of hydrogen-bond donors (Lipinski definition) is 1. The molecule has 0 fully saturated rings. The Labute approximate surface area is 128 Å². The third-order valence-corrected chi connectivity index (χ3v) is 3.24. The SMILES string of the molecule is COCCN(CC(=O)O)C(=O)c1ccc(Br)c([N+](=O)[O-])c1. The first kappa shape index (κ1) is 17.1. The number of methoxy groups -OCH3 is 1. The molecular formula is C12H13BrN2O6. The number of nitro benzene ring substituents is 1. The lowest BCUT2D eigenvalue weighted by Gasteiger charge is -2.20. The molecule has 0 radical (unpaired) electrons. The zero-order valence-electron chi connectivity index (χ0n) is 11.1. The Morgan fingerprint density at radius 3 is 2.67 bits per heavy atom. The number of carbonyl (C=O) groups is 2. The van der Waals surface area contributed by atoms with Gasteiger partial charge in [0, 0.05) is 25.3 Å². The van der Waals surface area contributed by atoms with Gasteiger partial charge in [0.1, 0.15) is 6.54 Å². The van der Waals surface area contributed by atoms with Gasteiger partial charge in [-0.25, -0.2) is 0 Å². The molecular weight excluding hydrogens is 348 g/mol. The summed E-state index contributed by atoms with van der Waals surface area (Å²) in [6, 6.07) is 3.87. The topological polar surface area (TPSA) is 110 Å². The van der Waals surface area contributed by atoms with Crippen molar-refractivity contribution in [3.8, 4) is 0 Å². The van der Waals surface area contributed by atoms with Gasteiger partial charge in [0.25, 0.3) is 11.6 Å². The summed E-state index contributed by atoms with van der Waals surface area (Å²) in [7, 11) is 1.42. The van der Waals surface area contributed by atoms with Gasteiger partial charge in [-0.3, -0.25) is 19.7 Å². The van der Waals surface area contributed by atoms with Crippen molar-refractivity contribution >= 4 is 33.5 Å². The van der Waals surface area contributed by atoms with Gasteiger partial charge in [-0.05, 0) is 28.1 Å². The molecule has 0 spiro atoms. The Hall–Kier alpha value is -2.00. The van der Waals surface area contributed by atoms with Crippen LogP contribution in [-0.2, 0) is 9.53 Å². The molecule has 1 aromatic rings. The van der Waals surface area contributed by atoms with E-state index in [1.165, 1.54) is 19.2 Å². The normalized spacial score (nSPS) is 10.2. The van der Waals surface area contributed by atoms with Crippen LogP contribution in [-0.4, -0.2) is 53.6 Å². The summed E-state index contributed by atoms with van der Waals surface area (Å²) in [5.41, 5.74) is -0.217. The molecule has 0 saturated carbocycles. The first-order chi connectivity index (χ1) is 9.86. The molecule has 0 aromatic heterocycles. The van der Waals surface area contributed by atoms with E-state index in [0.717, 1.165) is 11.0 Å². The molecule has 1 N–H and O–H groups in total. The van der Waals surface area contributed by atoms with Crippen LogP contribution in [0.4, 0.5) is 5.69 Å². The van der Waals surface area contributed by atoms with Crippen LogP contribution in [0.25, 0.3) is 0 Å². The van der Waals surface area contributed by atoms with E-state index in [1.54, 1.807) is 0 Å². The number of nitro groups is 1. The molecule has 114 valence electrons. The molecule has 1 aromatic carbocycles. The summed E-state index contributed by atoms with van der Waals surface area (Å²) in [5, 5.41) is 19.7. The van der Waals surface area contributed by atoms with Gasteiger partial charge >= 0.3 is 5.97 Å². The standard InChI is InChI=1S/C12H13BrN2O6/c1-21-5-4-14(7-11(16)17)12(18)8-2-3-9(13)10(6-8)15(19)20/h2-3,6H,4-5,7H2,1H3,(H,16,17). The van der Waals surface area contributed by atoms with E-state index in [9.17, 15) is 19.7 Å². The van der Waals surface area contributed by atoms with Crippen molar-refractivity contribution < 1.29 is 24.4 Å². The predicted molar refractivity (Wildman–Crippen MR) is 76.2 cm³/mol. The highest BCUT2D eigenvalue weighted by Gasteiger charge is 2.21. The molecule has 9 heteroatoms. The average Bonchev–Trinajstić information content (AvgIpc) is 2.42. The fourth-order valence-electron chi connectivity index (χ4n) is 1.59. The van der Waals surface area contributed by atoms with Crippen molar-refractivity contribution in [1.29, 1.82) is 0 Å². The summed E-state index contributed by atoms with van der Waals surface area (Å²) < 4.78 is 5.06. The first-order valence-electron chi connectivity index (χ1n) is 5.80. The van der Waals surface area contributed by atoms with Crippen LogP contribution >= 0.6 is 15.9 Å². The Bertz CT molecular complexity index is 563. The van der Waals surface area contributed by atoms with Gasteiger partial charge < -0.3 is 14.7 Å². The summed E-state index contributed by atoms with van der Waals surface area (Å²) >= 11 is 3.02. The van der Waals surface area contributed by atoms with E-state index in [0.29, 0.717) is 0 Å². The first-order valence-corrected chi connectivity index (χ1v) is 6.60. The number of halogens is 1. The molecule has 0 bridgehead atoms. The lowest BCUT2D eigenvalue weighted by molar-refractivity contribution is -0.385. The molecule has 0 atom stereocenters. The van der Waals surface area contributed by atoms with E-state index >= 15 is 0 Å². The van der Waals surface area contributed by atoms with Crippen LogP contribution in [0, 0.1) is 10.1 Å². The maximum absolute atomic E-state index is 12.2. The Balaban J connectivity index is 3.05. The zero-order chi connectivity index (χ0) is 16.0. The molecule has 0 saturated heterocycles. The lowest BCUT2D eigenvalue weighted by atomic mass is 10.1. The number of nitrogens with zero attached hydrogens (tertiary/aromatic N) is 2. The third kappa shape index (κ3) is 4.80. The summed E-state index contributed by atoms with van der Waals surface area (Å²) in [6.45, 7) is -0.269. The number of rotatable bonds is 7. The van der Waals surface area contributed by atoms with Crippen molar-refractivity contribution in [1.82, 2.24) is 4.90 Å². The zero-order valence-corrected chi connectivity index (χ0v) is 12.7. The maximum atomic E-state index is 12.2. The average molecular weight is 361 g/mol. The third-order valence-electron chi connectivity index (χ3n) is 2.57. The maximum Gasteiger partial charge on any atom is 0.323 e. The number of carbonyl (C=O) groups excluding carboxylic acids is 1. The minimum Gasteiger partial charge on any atom is -0.480 e. The molecule has 21 heavy (non-hydrogen) atoms. The molecule has 0 heterocycles. The number of benzene rings is 1. The second-order valence-electron chi connectivity index (χ2n) is 4.04. The van der Waals surface area contributed by atoms with Gasteiger partial charge in [0.2, 0.25) is 0 Å². The number of carboxylic acids is 1. The minimum absolute atomic E-state index is 0.0438. The fraction of sp³-hybridized carbons (Fsp3) is 0.333. The van der Waals surface area contributed by atoms with Crippen molar-refractivity contribution in [2.24, 2.45) is 0 Å². The van der Waals surface area contributed by atoms with Crippen molar-refractivity contribution in [3.63, 3.8) is 0 Å². The van der Waals surface area contributed by atoms with Crippen molar-refractivity contribution in [2.75, 3.05) is 26.8 Å². The summed E-state index contributed by atoms with van der Waals surface area (Å²) in [4.78, 5) is 34.3. The van der Waals surface area contributed by atoms with Crippen LogP contribution < -0.4 is 0 Å². The van der Waals surface area contributed by atoms with Crippen LogP contribution in [0.5, 0.6) is 0 Å². The van der Waals surface area contributed by atoms with E-state index in [4.69, 9.17) is 9.84 Å². The number of ether oxygens (including phenoxy) is 1. The van der Waals surface area contributed by atoms with Crippen LogP contribution in [0.3, 0.4) is 0 Å². The second kappa shape index (κ2) is 7.70. The highest BCUT2D eigenvalue weighted by atomic mass is 79.9. The minimum atomic E-state index is -1.17. The van der Waals surface area contributed by atoms with Crippen LogP contribution in [0.15, 0.2) is 22.7 Å². The van der Waals surface area contributed by atoms with E-state index < -0.39 is 23.3 Å². The molecule has 0 aliphatic carbocycles. The van der Waals surface area contributed by atoms with Crippen LogP contribution in [0.2, 0.25) is 0 Å². The van der Waals surface area contributed by atoms with Crippen molar-refractivity contribution in [3.05, 3.63) is 38.3 Å². The number of amides is 1. The Kier molecular flexibility index (Phi) is 6.25. The monoisotopic (exact) mass is 360 g/mol. The van der Waals surface area contributed by atoms with Gasteiger partial charge in [-0.1, -0.05) is 0 Å². The Morgan fingerprint density at radius 1 is 1.48 bits per heavy atom. The van der Waals surface area contributed by atoms with Gasteiger partial charge in [-0.2, -0.15) is 0 Å². The smallest absolute Gasteiger partial charge is 0.323 e. The fourth-order valence-corrected chi connectivity index (χ4v) is 1.98. The number of aliphatic carboxylic acids is 1. The van der Waals surface area contributed by atoms with Gasteiger partial charge in [0.05, 0.1) is 16.0 Å².